The standard InChI is InChI=1S/C16H20F2N4O3S/c1-12(16(23)20-6-3-8-21-9-7-19-11-21)22(26(2,24)25)13-4-5-14(17)15(18)10-13/h4-5,7,9-12H,3,6,8H2,1-2H3,(H,20,23)/t12-/m1/s1. The third kappa shape index (κ3) is 5.01. The van der Waals surface area contributed by atoms with Crippen LogP contribution in [-0.4, -0.2) is 42.7 Å². The van der Waals surface area contributed by atoms with E-state index in [9.17, 15) is 22.0 Å². The minimum Gasteiger partial charge on any atom is -0.354 e. The number of hydrogen-bond donors (Lipinski definition) is 1. The summed E-state index contributed by atoms with van der Waals surface area (Å²) in [6.45, 7) is 2.36. The highest BCUT2D eigenvalue weighted by Gasteiger charge is 2.29. The molecule has 0 aliphatic heterocycles. The molecule has 1 aromatic heterocycles. The molecule has 2 rings (SSSR count). The minimum atomic E-state index is -3.89. The third-order valence-corrected chi connectivity index (χ3v) is 4.94. The van der Waals surface area contributed by atoms with Gasteiger partial charge in [-0.05, 0) is 25.5 Å². The molecule has 0 spiro atoms. The molecule has 10 heteroatoms. The number of anilines is 1. The van der Waals surface area contributed by atoms with Crippen molar-refractivity contribution in [2.24, 2.45) is 0 Å². The van der Waals surface area contributed by atoms with Crippen molar-refractivity contribution in [1.29, 1.82) is 0 Å². The zero-order valence-corrected chi connectivity index (χ0v) is 15.2. The van der Waals surface area contributed by atoms with Crippen LogP contribution in [0.2, 0.25) is 0 Å². The Morgan fingerprint density at radius 1 is 1.35 bits per heavy atom. The number of hydrogen-bond acceptors (Lipinski definition) is 4. The Morgan fingerprint density at radius 2 is 2.08 bits per heavy atom. The lowest BCUT2D eigenvalue weighted by atomic mass is 10.2. The highest BCUT2D eigenvalue weighted by Crippen LogP contribution is 2.23. The number of benzene rings is 1. The van der Waals surface area contributed by atoms with E-state index in [1.165, 1.54) is 6.92 Å². The molecule has 7 nitrogen and oxygen atoms in total. The number of carbonyl (C=O) groups is 1. The van der Waals surface area contributed by atoms with Crippen LogP contribution in [0.3, 0.4) is 0 Å². The Bertz CT molecular complexity index is 856. The number of carbonyl (C=O) groups excluding carboxylic acids is 1. The largest absolute Gasteiger partial charge is 0.354 e. The summed E-state index contributed by atoms with van der Waals surface area (Å²) in [4.78, 5) is 16.2. The predicted molar refractivity (Wildman–Crippen MR) is 93.0 cm³/mol. The molecule has 1 atom stereocenters. The third-order valence-electron chi connectivity index (χ3n) is 3.70. The molecule has 0 saturated carbocycles. The molecule has 0 aliphatic rings. The number of rotatable bonds is 8. The molecule has 142 valence electrons. The van der Waals surface area contributed by atoms with Crippen molar-refractivity contribution in [3.8, 4) is 0 Å². The van der Waals surface area contributed by atoms with Crippen LogP contribution in [0.4, 0.5) is 14.5 Å². The molecule has 1 aromatic carbocycles. The Morgan fingerprint density at radius 3 is 2.65 bits per heavy atom. The monoisotopic (exact) mass is 386 g/mol. The molecule has 0 fully saturated rings. The Balaban J connectivity index is 2.04. The van der Waals surface area contributed by atoms with E-state index in [0.29, 0.717) is 19.5 Å². The number of halogens is 2. The van der Waals surface area contributed by atoms with Gasteiger partial charge < -0.3 is 9.88 Å². The number of sulfonamides is 1. The van der Waals surface area contributed by atoms with Gasteiger partial charge in [0.15, 0.2) is 11.6 Å². The maximum absolute atomic E-state index is 13.5. The summed E-state index contributed by atoms with van der Waals surface area (Å²) in [6.07, 6.45) is 6.61. The minimum absolute atomic E-state index is 0.118. The van der Waals surface area contributed by atoms with E-state index in [4.69, 9.17) is 0 Å². The van der Waals surface area contributed by atoms with Gasteiger partial charge in [-0.2, -0.15) is 0 Å². The number of nitrogens with one attached hydrogen (secondary N) is 1. The van der Waals surface area contributed by atoms with Crippen molar-refractivity contribution in [2.75, 3.05) is 17.1 Å². The van der Waals surface area contributed by atoms with Crippen LogP contribution in [0.25, 0.3) is 0 Å². The van der Waals surface area contributed by atoms with Gasteiger partial charge in [0, 0.05) is 31.5 Å². The average molecular weight is 386 g/mol. The number of imidazole rings is 1. The smallest absolute Gasteiger partial charge is 0.243 e. The Hall–Kier alpha value is -2.49. The summed E-state index contributed by atoms with van der Waals surface area (Å²) in [5.74, 6) is -2.83. The molecular weight excluding hydrogens is 366 g/mol. The van der Waals surface area contributed by atoms with Gasteiger partial charge >= 0.3 is 0 Å². The summed E-state index contributed by atoms with van der Waals surface area (Å²) in [5, 5.41) is 2.65. The maximum Gasteiger partial charge on any atom is 0.243 e. The van der Waals surface area contributed by atoms with Gasteiger partial charge in [-0.3, -0.25) is 9.10 Å². The van der Waals surface area contributed by atoms with Crippen molar-refractivity contribution >= 4 is 21.6 Å². The first-order chi connectivity index (χ1) is 12.2. The van der Waals surface area contributed by atoms with Crippen molar-refractivity contribution < 1.29 is 22.0 Å². The van der Waals surface area contributed by atoms with Crippen LogP contribution in [0.1, 0.15) is 13.3 Å². The molecule has 0 unspecified atom stereocenters. The van der Waals surface area contributed by atoms with Gasteiger partial charge in [0.2, 0.25) is 15.9 Å². The maximum atomic E-state index is 13.5. The fourth-order valence-corrected chi connectivity index (χ4v) is 3.64. The van der Waals surface area contributed by atoms with Crippen LogP contribution >= 0.6 is 0 Å². The number of nitrogens with zero attached hydrogens (tertiary/aromatic N) is 3. The van der Waals surface area contributed by atoms with E-state index < -0.39 is 33.6 Å². The van der Waals surface area contributed by atoms with Gasteiger partial charge in [0.05, 0.1) is 18.3 Å². The summed E-state index contributed by atoms with van der Waals surface area (Å²) < 4.78 is 53.4. The van der Waals surface area contributed by atoms with Gasteiger partial charge in [0.25, 0.3) is 0 Å². The van der Waals surface area contributed by atoms with E-state index >= 15 is 0 Å². The molecular formula is C16H20F2N4O3S. The van der Waals surface area contributed by atoms with Crippen molar-refractivity contribution in [2.45, 2.75) is 25.9 Å². The van der Waals surface area contributed by atoms with Crippen LogP contribution in [-0.2, 0) is 21.4 Å². The molecule has 0 radical (unpaired) electrons. The van der Waals surface area contributed by atoms with Crippen molar-refractivity contribution in [3.05, 3.63) is 48.6 Å². The first-order valence-corrected chi connectivity index (χ1v) is 9.73. The molecule has 0 saturated heterocycles. The first kappa shape index (κ1) is 19.8. The summed E-state index contributed by atoms with van der Waals surface area (Å²) in [7, 11) is -3.89. The topological polar surface area (TPSA) is 84.3 Å². The second-order valence-electron chi connectivity index (χ2n) is 5.78. The van der Waals surface area contributed by atoms with Crippen LogP contribution < -0.4 is 9.62 Å². The summed E-state index contributed by atoms with van der Waals surface area (Å²) in [6, 6.07) is 1.56. The van der Waals surface area contributed by atoms with Gasteiger partial charge in [-0.15, -0.1) is 0 Å². The number of aromatic nitrogens is 2. The highest BCUT2D eigenvalue weighted by molar-refractivity contribution is 7.92. The SMILES string of the molecule is C[C@H](C(=O)NCCCn1ccnc1)N(c1ccc(F)c(F)c1)S(C)(=O)=O. The van der Waals surface area contributed by atoms with E-state index in [1.807, 2.05) is 4.57 Å². The molecule has 2 aromatic rings. The highest BCUT2D eigenvalue weighted by atomic mass is 32.2. The molecule has 1 N–H and O–H groups in total. The Kier molecular flexibility index (Phi) is 6.30. The molecule has 1 amide bonds. The summed E-state index contributed by atoms with van der Waals surface area (Å²) in [5.41, 5.74) is -0.118. The van der Waals surface area contributed by atoms with Crippen molar-refractivity contribution in [1.82, 2.24) is 14.9 Å². The van der Waals surface area contributed by atoms with Crippen LogP contribution in [0, 0.1) is 11.6 Å². The first-order valence-electron chi connectivity index (χ1n) is 7.88. The molecule has 0 aliphatic carbocycles. The average Bonchev–Trinajstić information content (AvgIpc) is 3.07. The van der Waals surface area contributed by atoms with Gasteiger partial charge in [-0.1, -0.05) is 0 Å². The number of amides is 1. The zero-order chi connectivity index (χ0) is 19.3. The summed E-state index contributed by atoms with van der Waals surface area (Å²) >= 11 is 0. The van der Waals surface area contributed by atoms with E-state index in [2.05, 4.69) is 10.3 Å². The Labute approximate surface area is 150 Å². The second-order valence-corrected chi connectivity index (χ2v) is 7.64. The molecule has 26 heavy (non-hydrogen) atoms. The van der Waals surface area contributed by atoms with Gasteiger partial charge in [-0.25, -0.2) is 22.2 Å². The van der Waals surface area contributed by atoms with Gasteiger partial charge in [0.1, 0.15) is 6.04 Å². The van der Waals surface area contributed by atoms with Crippen LogP contribution in [0.5, 0.6) is 0 Å². The second kappa shape index (κ2) is 8.26. The lowest BCUT2D eigenvalue weighted by molar-refractivity contribution is -0.121. The van der Waals surface area contributed by atoms with E-state index in [-0.39, 0.29) is 5.69 Å². The van der Waals surface area contributed by atoms with E-state index in [0.717, 1.165) is 28.8 Å². The molecule has 1 heterocycles. The fraction of sp³-hybridized carbons (Fsp3) is 0.375. The predicted octanol–water partition coefficient (Wildman–Crippen LogP) is 1.52. The normalized spacial score (nSPS) is 12.6. The zero-order valence-electron chi connectivity index (χ0n) is 14.4. The fourth-order valence-electron chi connectivity index (χ4n) is 2.47. The van der Waals surface area contributed by atoms with Crippen molar-refractivity contribution in [3.63, 3.8) is 0 Å². The number of aryl methyl sites for hydroxylation is 1. The van der Waals surface area contributed by atoms with E-state index in [1.54, 1.807) is 18.7 Å². The molecule has 0 bridgehead atoms. The quantitative estimate of drug-likeness (QED) is 0.698. The van der Waals surface area contributed by atoms with Crippen LogP contribution in [0.15, 0.2) is 36.9 Å². The lowest BCUT2D eigenvalue weighted by Gasteiger charge is -2.28. The lowest BCUT2D eigenvalue weighted by Crippen LogP contribution is -2.48.